The number of thioether (sulfide) groups is 1. The molecule has 2 rings (SSSR count). The number of nitrogens with zero attached hydrogens (tertiary/aromatic N) is 3. The molecule has 0 bridgehead atoms. The maximum Gasteiger partial charge on any atom is 0.185 e. The van der Waals surface area contributed by atoms with Gasteiger partial charge in [-0.3, -0.25) is 9.78 Å². The highest BCUT2D eigenvalue weighted by atomic mass is 32.2. The van der Waals surface area contributed by atoms with Crippen molar-refractivity contribution in [1.82, 2.24) is 14.5 Å². The minimum absolute atomic E-state index is 0.151. The number of rotatable bonds is 4. The fraction of sp³-hybridized carbons (Fsp3) is 0.250. The number of carbonyl (C=O) groups is 1. The second-order valence-electron chi connectivity index (χ2n) is 3.58. The first-order valence-corrected chi connectivity index (χ1v) is 6.30. The molecule has 0 aromatic carbocycles. The SMILES string of the molecule is CC(=O)SCCn1cnc(-c2cccnc2)c1. The molecule has 0 spiro atoms. The van der Waals surface area contributed by atoms with E-state index in [-0.39, 0.29) is 5.12 Å². The van der Waals surface area contributed by atoms with Crippen molar-refractivity contribution in [2.75, 3.05) is 5.75 Å². The normalized spacial score (nSPS) is 10.4. The van der Waals surface area contributed by atoms with Crippen LogP contribution < -0.4 is 0 Å². The molecule has 0 amide bonds. The van der Waals surface area contributed by atoms with Gasteiger partial charge in [-0.25, -0.2) is 4.98 Å². The first-order valence-electron chi connectivity index (χ1n) is 5.31. The summed E-state index contributed by atoms with van der Waals surface area (Å²) in [6.45, 7) is 2.37. The molecule has 0 atom stereocenters. The van der Waals surface area contributed by atoms with E-state index in [1.54, 1.807) is 25.6 Å². The number of hydrogen-bond acceptors (Lipinski definition) is 4. The number of imidazole rings is 1. The highest BCUT2D eigenvalue weighted by molar-refractivity contribution is 8.13. The number of hydrogen-bond donors (Lipinski definition) is 0. The number of aromatic nitrogens is 3. The first kappa shape index (κ1) is 11.9. The van der Waals surface area contributed by atoms with E-state index in [2.05, 4.69) is 9.97 Å². The molecule has 0 fully saturated rings. The zero-order chi connectivity index (χ0) is 12.1. The van der Waals surface area contributed by atoms with E-state index in [4.69, 9.17) is 0 Å². The van der Waals surface area contributed by atoms with Crippen molar-refractivity contribution in [1.29, 1.82) is 0 Å². The lowest BCUT2D eigenvalue weighted by Gasteiger charge is -1.99. The zero-order valence-corrected chi connectivity index (χ0v) is 10.4. The third kappa shape index (κ3) is 3.42. The van der Waals surface area contributed by atoms with Gasteiger partial charge in [0.15, 0.2) is 5.12 Å². The minimum atomic E-state index is 0.151. The van der Waals surface area contributed by atoms with Crippen LogP contribution in [0.25, 0.3) is 11.3 Å². The van der Waals surface area contributed by atoms with Crippen molar-refractivity contribution in [3.8, 4) is 11.3 Å². The van der Waals surface area contributed by atoms with Crippen LogP contribution in [0, 0.1) is 0 Å². The molecular formula is C12H13N3OS. The fourth-order valence-corrected chi connectivity index (χ4v) is 2.03. The molecule has 0 aliphatic carbocycles. The van der Waals surface area contributed by atoms with Crippen molar-refractivity contribution >= 4 is 16.9 Å². The van der Waals surface area contributed by atoms with Gasteiger partial charge in [0.05, 0.1) is 12.0 Å². The molecule has 0 saturated heterocycles. The Morgan fingerprint density at radius 2 is 2.41 bits per heavy atom. The number of carbonyl (C=O) groups excluding carboxylic acids is 1. The van der Waals surface area contributed by atoms with Gasteiger partial charge < -0.3 is 4.57 Å². The second kappa shape index (κ2) is 5.63. The largest absolute Gasteiger partial charge is 0.336 e. The summed E-state index contributed by atoms with van der Waals surface area (Å²) in [5.41, 5.74) is 1.91. The molecule has 0 radical (unpaired) electrons. The second-order valence-corrected chi connectivity index (χ2v) is 4.85. The summed E-state index contributed by atoms with van der Waals surface area (Å²) in [5, 5.41) is 0.151. The lowest BCUT2D eigenvalue weighted by molar-refractivity contribution is -0.109. The van der Waals surface area contributed by atoms with Crippen LogP contribution in [-0.4, -0.2) is 25.4 Å². The van der Waals surface area contributed by atoms with E-state index in [1.165, 1.54) is 11.8 Å². The standard InChI is InChI=1S/C12H13N3OS/c1-10(16)17-6-5-15-8-12(14-9-15)11-3-2-4-13-7-11/h2-4,7-9H,5-6H2,1H3. The first-order chi connectivity index (χ1) is 8.25. The Kier molecular flexibility index (Phi) is 3.93. The monoisotopic (exact) mass is 247 g/mol. The van der Waals surface area contributed by atoms with Gasteiger partial charge in [-0.15, -0.1) is 0 Å². The highest BCUT2D eigenvalue weighted by Crippen LogP contribution is 2.15. The Balaban J connectivity index is 1.99. The average Bonchev–Trinajstić information content (AvgIpc) is 2.78. The zero-order valence-electron chi connectivity index (χ0n) is 9.54. The van der Waals surface area contributed by atoms with Crippen LogP contribution in [0.1, 0.15) is 6.92 Å². The summed E-state index contributed by atoms with van der Waals surface area (Å²) >= 11 is 1.33. The minimum Gasteiger partial charge on any atom is -0.336 e. The summed E-state index contributed by atoms with van der Waals surface area (Å²) in [5.74, 6) is 0.776. The lowest BCUT2D eigenvalue weighted by Crippen LogP contribution is -1.98. The Hall–Kier alpha value is -1.62. The highest BCUT2D eigenvalue weighted by Gasteiger charge is 2.02. The van der Waals surface area contributed by atoms with Gasteiger partial charge in [0.25, 0.3) is 0 Å². The summed E-state index contributed by atoms with van der Waals surface area (Å²) in [6.07, 6.45) is 7.28. The van der Waals surface area contributed by atoms with Gasteiger partial charge in [0.1, 0.15) is 0 Å². The molecule has 0 N–H and O–H groups in total. The predicted molar refractivity (Wildman–Crippen MR) is 68.6 cm³/mol. The average molecular weight is 247 g/mol. The van der Waals surface area contributed by atoms with Crippen LogP contribution in [0.4, 0.5) is 0 Å². The molecule has 5 heteroatoms. The lowest BCUT2D eigenvalue weighted by atomic mass is 10.2. The summed E-state index contributed by atoms with van der Waals surface area (Å²) < 4.78 is 1.98. The topological polar surface area (TPSA) is 47.8 Å². The maximum absolute atomic E-state index is 10.8. The third-order valence-electron chi connectivity index (χ3n) is 2.25. The summed E-state index contributed by atoms with van der Waals surface area (Å²) in [7, 11) is 0. The Labute approximate surface area is 104 Å². The van der Waals surface area contributed by atoms with E-state index >= 15 is 0 Å². The fourth-order valence-electron chi connectivity index (χ4n) is 1.44. The van der Waals surface area contributed by atoms with Crippen molar-refractivity contribution < 1.29 is 4.79 Å². The van der Waals surface area contributed by atoms with Crippen molar-refractivity contribution in [2.45, 2.75) is 13.5 Å². The smallest absolute Gasteiger partial charge is 0.185 e. The quantitative estimate of drug-likeness (QED) is 0.831. The summed E-state index contributed by atoms with van der Waals surface area (Å²) in [4.78, 5) is 19.2. The van der Waals surface area contributed by atoms with Gasteiger partial charge >= 0.3 is 0 Å². The number of aryl methyl sites for hydroxylation is 1. The van der Waals surface area contributed by atoms with Gasteiger partial charge in [0, 0.05) is 43.4 Å². The summed E-state index contributed by atoms with van der Waals surface area (Å²) in [6, 6.07) is 3.87. The van der Waals surface area contributed by atoms with Crippen LogP contribution in [-0.2, 0) is 11.3 Å². The molecule has 2 heterocycles. The molecule has 88 valence electrons. The molecule has 2 aromatic rings. The maximum atomic E-state index is 10.8. The molecule has 4 nitrogen and oxygen atoms in total. The van der Waals surface area contributed by atoms with Gasteiger partial charge in [-0.2, -0.15) is 0 Å². The molecule has 17 heavy (non-hydrogen) atoms. The Bertz CT molecular complexity index is 495. The van der Waals surface area contributed by atoms with E-state index in [0.717, 1.165) is 23.6 Å². The van der Waals surface area contributed by atoms with Crippen molar-refractivity contribution in [3.63, 3.8) is 0 Å². The molecule has 2 aromatic heterocycles. The van der Waals surface area contributed by atoms with Gasteiger partial charge in [0.2, 0.25) is 0 Å². The van der Waals surface area contributed by atoms with Crippen molar-refractivity contribution in [3.05, 3.63) is 37.1 Å². The van der Waals surface area contributed by atoms with Gasteiger partial charge in [-0.1, -0.05) is 11.8 Å². The van der Waals surface area contributed by atoms with Crippen LogP contribution in [0.3, 0.4) is 0 Å². The molecular weight excluding hydrogens is 234 g/mol. The Morgan fingerprint density at radius 1 is 1.53 bits per heavy atom. The van der Waals surface area contributed by atoms with Gasteiger partial charge in [-0.05, 0) is 12.1 Å². The van der Waals surface area contributed by atoms with Crippen LogP contribution in [0.5, 0.6) is 0 Å². The number of pyridine rings is 1. The van der Waals surface area contributed by atoms with E-state index < -0.39 is 0 Å². The van der Waals surface area contributed by atoms with E-state index in [9.17, 15) is 4.79 Å². The van der Waals surface area contributed by atoms with E-state index in [1.807, 2.05) is 22.9 Å². The molecule has 0 saturated carbocycles. The molecule has 0 aliphatic heterocycles. The molecule has 0 aliphatic rings. The predicted octanol–water partition coefficient (Wildman–Crippen LogP) is 2.22. The molecule has 0 unspecified atom stereocenters. The van der Waals surface area contributed by atoms with E-state index in [0.29, 0.717) is 0 Å². The Morgan fingerprint density at radius 3 is 3.12 bits per heavy atom. The van der Waals surface area contributed by atoms with Crippen LogP contribution in [0.2, 0.25) is 0 Å². The van der Waals surface area contributed by atoms with Crippen molar-refractivity contribution in [2.24, 2.45) is 0 Å². The third-order valence-corrected chi connectivity index (χ3v) is 3.04. The van der Waals surface area contributed by atoms with Crippen LogP contribution >= 0.6 is 11.8 Å². The van der Waals surface area contributed by atoms with Crippen LogP contribution in [0.15, 0.2) is 37.1 Å².